The zero-order chi connectivity index (χ0) is 11.6. The van der Waals surface area contributed by atoms with Crippen molar-refractivity contribution < 1.29 is 23.5 Å². The smallest absolute Gasteiger partial charge is 0.197 e. The Morgan fingerprint density at radius 2 is 2.42 bits per heavy atom. The van der Waals surface area contributed by atoms with Crippen molar-refractivity contribution in [3.8, 4) is 0 Å². The second-order valence-electron chi connectivity index (χ2n) is 2.14. The second-order valence-corrected chi connectivity index (χ2v) is 3.99. The predicted octanol–water partition coefficient (Wildman–Crippen LogP) is -1.27. The van der Waals surface area contributed by atoms with Gasteiger partial charge in [0.25, 0.3) is 0 Å². The molecule has 0 heterocycles. The summed E-state index contributed by atoms with van der Waals surface area (Å²) >= 11 is 0. The third kappa shape index (κ3) is 7.68. The highest BCUT2D eigenvalue weighted by Gasteiger charge is 2.12. The van der Waals surface area contributed by atoms with Crippen molar-refractivity contribution in [2.45, 2.75) is 12.5 Å². The number of carbonyl (C=O) groups excluding carboxylic acids is 1. The van der Waals surface area contributed by atoms with E-state index in [-0.39, 0.29) is 6.15 Å². The highest BCUT2D eigenvalue weighted by atomic mass is 31.2. The second kappa shape index (κ2) is 5.27. The Bertz CT molecular complexity index is 269. The third-order valence-corrected chi connectivity index (χ3v) is 1.91. The fraction of sp³-hybridized carbons (Fsp3) is 0.800. The quantitative estimate of drug-likeness (QED) is 0.486. The monoisotopic (exact) mass is 201 g/mol. The number of carbonyl (C=O) groups is 1. The van der Waals surface area contributed by atoms with Gasteiger partial charge >= 0.3 is 0 Å². The minimum absolute atomic E-state index is 0. The largest absolute Gasteiger partial charge is 0.548 e. The fourth-order valence-corrected chi connectivity index (χ4v) is 1.06. The van der Waals surface area contributed by atoms with Gasteiger partial charge in [0, 0.05) is 22.9 Å². The Balaban J connectivity index is 0. The van der Waals surface area contributed by atoms with Crippen LogP contribution in [-0.4, -0.2) is 29.7 Å². The molecule has 6 nitrogen and oxygen atoms in total. The van der Waals surface area contributed by atoms with E-state index in [4.69, 9.17) is 14.7 Å². The van der Waals surface area contributed by atoms with Crippen molar-refractivity contribution in [2.24, 2.45) is 5.73 Å². The van der Waals surface area contributed by atoms with Crippen molar-refractivity contribution in [1.82, 2.24) is 6.15 Å². The average molecular weight is 201 g/mol. The summed E-state index contributed by atoms with van der Waals surface area (Å²) in [7, 11) is -4.34. The summed E-state index contributed by atoms with van der Waals surface area (Å²) < 4.78 is 31.2. The Hall–Kier alpha value is -0.420. The van der Waals surface area contributed by atoms with Crippen LogP contribution in [0.1, 0.15) is 10.5 Å². The molecule has 7 N–H and O–H groups in total. The van der Waals surface area contributed by atoms with Gasteiger partial charge in [-0.05, 0) is 6.42 Å². The summed E-state index contributed by atoms with van der Waals surface area (Å²) in [4.78, 5) is 19.1. The summed E-state index contributed by atoms with van der Waals surface area (Å²) in [6, 6.07) is -1.42. The molecule has 0 bridgehead atoms. The van der Waals surface area contributed by atoms with E-state index in [1.807, 2.05) is 0 Å². The van der Waals surface area contributed by atoms with Crippen LogP contribution in [0.25, 0.3) is 0 Å². The van der Waals surface area contributed by atoms with Gasteiger partial charge < -0.3 is 26.7 Å². The Kier molecular flexibility index (Phi) is 3.59. The molecule has 0 aromatic carbocycles. The fourth-order valence-electron chi connectivity index (χ4n) is 0.432. The van der Waals surface area contributed by atoms with Gasteiger partial charge in [-0.25, -0.2) is 0 Å². The van der Waals surface area contributed by atoms with Gasteiger partial charge in [0.1, 0.15) is 0 Å². The summed E-state index contributed by atoms with van der Waals surface area (Å²) in [5.74, 6) is -1.57. The molecule has 0 aliphatic carbocycles. The predicted molar refractivity (Wildman–Crippen MR) is 44.2 cm³/mol. The van der Waals surface area contributed by atoms with Gasteiger partial charge in [0.2, 0.25) is 0 Å². The Morgan fingerprint density at radius 1 is 1.92 bits per heavy atom. The summed E-state index contributed by atoms with van der Waals surface area (Å²) in [6.45, 7) is -2.99. The molecule has 0 aromatic rings. The van der Waals surface area contributed by atoms with E-state index in [1.165, 1.54) is 0 Å². The van der Waals surface area contributed by atoms with Crippen LogP contribution in [0, 0.1) is 0 Å². The number of quaternary nitrogens is 1. The zero-order valence-electron chi connectivity index (χ0n) is 9.69. The van der Waals surface area contributed by atoms with Crippen LogP contribution in [0.15, 0.2) is 0 Å². The SMILES string of the molecule is [2H]C([2H])([2H])P(=O)(O)CCC(N)C(=O)[O-].[NH4+]. The standard InChI is InChI=1S/C5H12NO4P.H3N/c1-11(9,10)3-2-4(6)5(7)8;/h4H,2-3,6H2,1H3,(H,7,8)(H,9,10);1H3/i1D3;. The van der Waals surface area contributed by atoms with Crippen LogP contribution in [0.4, 0.5) is 0 Å². The molecule has 0 aromatic heterocycles. The first kappa shape index (κ1) is 8.19. The van der Waals surface area contributed by atoms with Gasteiger partial charge in [-0.3, -0.25) is 4.57 Å². The molecular weight excluding hydrogens is 183 g/mol. The molecule has 0 saturated heterocycles. The van der Waals surface area contributed by atoms with Crippen molar-refractivity contribution in [1.29, 1.82) is 0 Å². The first-order valence-corrected chi connectivity index (χ1v) is 4.71. The van der Waals surface area contributed by atoms with Crippen LogP contribution in [0.3, 0.4) is 0 Å². The number of carboxylic acid groups (broad SMARTS) is 1. The average Bonchev–Trinajstić information content (AvgIpc) is 1.97. The number of nitrogens with two attached hydrogens (primary N) is 1. The molecule has 0 aliphatic rings. The first-order valence-electron chi connectivity index (χ1n) is 4.36. The highest BCUT2D eigenvalue weighted by Crippen LogP contribution is 2.35. The van der Waals surface area contributed by atoms with Gasteiger partial charge in [0.05, 0.1) is 5.97 Å². The molecule has 7 heteroatoms. The van der Waals surface area contributed by atoms with E-state index in [1.54, 1.807) is 0 Å². The maximum absolute atomic E-state index is 11.1. The van der Waals surface area contributed by atoms with Crippen molar-refractivity contribution >= 4 is 13.3 Å². The number of hydrogen-bond donors (Lipinski definition) is 3. The van der Waals surface area contributed by atoms with E-state index < -0.39 is 38.6 Å². The van der Waals surface area contributed by atoms with Gasteiger partial charge in [0.15, 0.2) is 7.37 Å². The summed E-state index contributed by atoms with van der Waals surface area (Å²) in [5, 5.41) is 10.1. The molecule has 12 heavy (non-hydrogen) atoms. The van der Waals surface area contributed by atoms with Gasteiger partial charge in [-0.1, -0.05) is 0 Å². The zero-order valence-corrected chi connectivity index (χ0v) is 7.58. The minimum Gasteiger partial charge on any atom is -0.548 e. The number of rotatable bonds is 4. The topological polar surface area (TPSA) is 140 Å². The van der Waals surface area contributed by atoms with E-state index in [2.05, 4.69) is 0 Å². The van der Waals surface area contributed by atoms with E-state index in [9.17, 15) is 14.5 Å². The normalized spacial score (nSPS) is 22.0. The number of hydrogen-bond acceptors (Lipinski definition) is 4. The third-order valence-electron chi connectivity index (χ3n) is 1.05. The summed E-state index contributed by atoms with van der Waals surface area (Å²) in [6.07, 6.45) is -1.05. The van der Waals surface area contributed by atoms with Crippen LogP contribution in [-0.2, 0) is 9.36 Å². The lowest BCUT2D eigenvalue weighted by molar-refractivity contribution is -0.307. The molecule has 0 fully saturated rings. The molecule has 0 aliphatic heterocycles. The van der Waals surface area contributed by atoms with E-state index in [0.29, 0.717) is 0 Å². The number of carboxylic acids is 1. The molecule has 0 spiro atoms. The molecule has 2 atom stereocenters. The maximum atomic E-state index is 11.1. The maximum Gasteiger partial charge on any atom is 0.197 e. The van der Waals surface area contributed by atoms with Crippen LogP contribution < -0.4 is 17.0 Å². The van der Waals surface area contributed by atoms with Crippen LogP contribution in [0.2, 0.25) is 0 Å². The Morgan fingerprint density at radius 3 is 2.75 bits per heavy atom. The molecule has 0 saturated carbocycles. The van der Waals surface area contributed by atoms with Crippen molar-refractivity contribution in [2.75, 3.05) is 12.8 Å². The Labute approximate surface area is 75.0 Å². The molecular formula is C5H15N2O4P. The van der Waals surface area contributed by atoms with E-state index >= 15 is 0 Å². The molecule has 0 radical (unpaired) electrons. The van der Waals surface area contributed by atoms with E-state index in [0.717, 1.165) is 0 Å². The van der Waals surface area contributed by atoms with Crippen LogP contribution in [0.5, 0.6) is 0 Å². The summed E-state index contributed by atoms with van der Waals surface area (Å²) in [5.41, 5.74) is 4.99. The van der Waals surface area contributed by atoms with Gasteiger partial charge in [-0.2, -0.15) is 0 Å². The number of aliphatic carboxylic acids is 1. The lowest BCUT2D eigenvalue weighted by atomic mass is 10.2. The molecule has 74 valence electrons. The lowest BCUT2D eigenvalue weighted by Crippen LogP contribution is -2.42. The van der Waals surface area contributed by atoms with Crippen LogP contribution >= 0.6 is 7.37 Å². The highest BCUT2D eigenvalue weighted by molar-refractivity contribution is 7.57. The van der Waals surface area contributed by atoms with Crippen molar-refractivity contribution in [3.63, 3.8) is 0 Å². The minimum atomic E-state index is -4.34. The van der Waals surface area contributed by atoms with Crippen molar-refractivity contribution in [3.05, 3.63) is 0 Å². The molecule has 2 unspecified atom stereocenters. The molecule has 0 rings (SSSR count). The van der Waals surface area contributed by atoms with Gasteiger partial charge in [-0.15, -0.1) is 0 Å². The first-order chi connectivity index (χ1) is 6.08. The molecule has 0 amide bonds. The lowest BCUT2D eigenvalue weighted by Gasteiger charge is -2.12.